The minimum atomic E-state index is -0.0186. The van der Waals surface area contributed by atoms with Crippen molar-refractivity contribution in [3.05, 3.63) is 64.8 Å². The second-order valence-corrected chi connectivity index (χ2v) is 9.10. The number of ether oxygens (including phenoxy) is 1. The Hall–Kier alpha value is -3.16. The second kappa shape index (κ2) is 9.60. The van der Waals surface area contributed by atoms with Crippen molar-refractivity contribution in [2.75, 3.05) is 62.3 Å². The largest absolute Gasteiger partial charge is 0.378 e. The van der Waals surface area contributed by atoms with Gasteiger partial charge in [-0.15, -0.1) is 0 Å². The highest BCUT2D eigenvalue weighted by atomic mass is 35.5. The van der Waals surface area contributed by atoms with E-state index in [9.17, 15) is 9.59 Å². The van der Waals surface area contributed by atoms with Gasteiger partial charge in [0.25, 0.3) is 5.91 Å². The molecule has 3 aromatic rings. The maximum absolute atomic E-state index is 13.5. The van der Waals surface area contributed by atoms with Gasteiger partial charge in [0.15, 0.2) is 5.78 Å². The van der Waals surface area contributed by atoms with Gasteiger partial charge < -0.3 is 19.4 Å². The number of hydrogen-bond acceptors (Lipinski definition) is 6. The summed E-state index contributed by atoms with van der Waals surface area (Å²) in [6.07, 6.45) is 1.70. The number of benzene rings is 2. The van der Waals surface area contributed by atoms with Crippen LogP contribution in [0.25, 0.3) is 10.9 Å². The lowest BCUT2D eigenvalue weighted by Crippen LogP contribution is -2.47. The minimum Gasteiger partial charge on any atom is -0.378 e. The average Bonchev–Trinajstić information content (AvgIpc) is 2.88. The Morgan fingerprint density at radius 2 is 1.59 bits per heavy atom. The number of carbonyl (C=O) groups excluding carboxylic acids is 2. The molecule has 2 aliphatic rings. The summed E-state index contributed by atoms with van der Waals surface area (Å²) < 4.78 is 5.43. The molecule has 1 amide bonds. The summed E-state index contributed by atoms with van der Waals surface area (Å²) >= 11 is 6.36. The SMILES string of the molecule is CC(=O)c1ccc(N2CCN(c3c(C(=O)N4CCOCC4)cnc4ccc(Cl)cc34)CC2)cc1. The molecule has 2 fully saturated rings. The lowest BCUT2D eigenvalue weighted by atomic mass is 10.1. The van der Waals surface area contributed by atoms with Gasteiger partial charge in [-0.1, -0.05) is 11.6 Å². The first-order chi connectivity index (χ1) is 16.5. The standard InChI is InChI=1S/C26H27ClN4O3/c1-18(32)19-2-5-21(6-3-19)29-8-10-30(11-9-29)25-22-16-20(27)4-7-24(22)28-17-23(25)26(33)31-12-14-34-15-13-31/h2-7,16-17H,8-15H2,1H3. The van der Waals surface area contributed by atoms with Crippen LogP contribution >= 0.6 is 11.6 Å². The second-order valence-electron chi connectivity index (χ2n) is 8.66. The van der Waals surface area contributed by atoms with Gasteiger partial charge >= 0.3 is 0 Å². The van der Waals surface area contributed by atoms with Gasteiger partial charge in [-0.25, -0.2) is 0 Å². The molecule has 0 N–H and O–H groups in total. The van der Waals surface area contributed by atoms with Gasteiger partial charge in [-0.05, 0) is 49.4 Å². The normalized spacial score (nSPS) is 16.7. The molecule has 2 aromatic carbocycles. The summed E-state index contributed by atoms with van der Waals surface area (Å²) in [5, 5.41) is 1.52. The Labute approximate surface area is 203 Å². The van der Waals surface area contributed by atoms with Gasteiger partial charge in [-0.3, -0.25) is 14.6 Å². The monoisotopic (exact) mass is 478 g/mol. The molecule has 0 unspecified atom stereocenters. The molecule has 0 saturated carbocycles. The third-order valence-electron chi connectivity index (χ3n) is 6.57. The van der Waals surface area contributed by atoms with E-state index in [1.165, 1.54) is 0 Å². The van der Waals surface area contributed by atoms with Crippen LogP contribution in [0.15, 0.2) is 48.7 Å². The third-order valence-corrected chi connectivity index (χ3v) is 6.80. The molecule has 34 heavy (non-hydrogen) atoms. The van der Waals surface area contributed by atoms with Gasteiger partial charge in [0, 0.05) is 67.1 Å². The molecule has 0 spiro atoms. The predicted octanol–water partition coefficient (Wildman–Crippen LogP) is 3.89. The van der Waals surface area contributed by atoms with Crippen LogP contribution < -0.4 is 9.80 Å². The maximum atomic E-state index is 13.5. The highest BCUT2D eigenvalue weighted by Gasteiger charge is 2.28. The van der Waals surface area contributed by atoms with Crippen LogP contribution in [0.1, 0.15) is 27.6 Å². The molecule has 2 aliphatic heterocycles. The van der Waals surface area contributed by atoms with Crippen molar-refractivity contribution in [2.24, 2.45) is 0 Å². The zero-order valence-corrected chi connectivity index (χ0v) is 19.9. The van der Waals surface area contributed by atoms with Crippen LogP contribution in [0.2, 0.25) is 5.02 Å². The number of ketones is 1. The van der Waals surface area contributed by atoms with E-state index in [1.807, 2.05) is 47.4 Å². The first-order valence-electron chi connectivity index (χ1n) is 11.6. The van der Waals surface area contributed by atoms with Gasteiger partial charge in [-0.2, -0.15) is 0 Å². The number of fused-ring (bicyclic) bond motifs is 1. The molecule has 0 bridgehead atoms. The number of nitrogens with zero attached hydrogens (tertiary/aromatic N) is 4. The Morgan fingerprint density at radius 3 is 2.26 bits per heavy atom. The van der Waals surface area contributed by atoms with Crippen LogP contribution in [0.4, 0.5) is 11.4 Å². The number of anilines is 2. The molecular formula is C26H27ClN4O3. The maximum Gasteiger partial charge on any atom is 0.257 e. The zero-order chi connectivity index (χ0) is 23.7. The van der Waals surface area contributed by atoms with E-state index in [2.05, 4.69) is 14.8 Å². The Morgan fingerprint density at radius 1 is 0.912 bits per heavy atom. The number of hydrogen-bond donors (Lipinski definition) is 0. The topological polar surface area (TPSA) is 66.0 Å². The van der Waals surface area contributed by atoms with Crippen LogP contribution in [0.5, 0.6) is 0 Å². The third kappa shape index (κ3) is 4.45. The first-order valence-corrected chi connectivity index (χ1v) is 12.0. The molecule has 0 aliphatic carbocycles. The van der Waals surface area contributed by atoms with Gasteiger partial charge in [0.05, 0.1) is 30.0 Å². The smallest absolute Gasteiger partial charge is 0.257 e. The highest BCUT2D eigenvalue weighted by Crippen LogP contribution is 2.34. The zero-order valence-electron chi connectivity index (χ0n) is 19.2. The lowest BCUT2D eigenvalue weighted by Gasteiger charge is -2.39. The Balaban J connectivity index is 1.44. The average molecular weight is 479 g/mol. The Bertz CT molecular complexity index is 1220. The van der Waals surface area contributed by atoms with E-state index in [0.717, 1.165) is 48.5 Å². The van der Waals surface area contributed by atoms with Crippen molar-refractivity contribution in [3.63, 3.8) is 0 Å². The van der Waals surface area contributed by atoms with Crippen molar-refractivity contribution in [3.8, 4) is 0 Å². The fourth-order valence-electron chi connectivity index (χ4n) is 4.68. The van der Waals surface area contributed by atoms with Crippen LogP contribution in [-0.4, -0.2) is 74.1 Å². The summed E-state index contributed by atoms with van der Waals surface area (Å²) in [6, 6.07) is 13.4. The summed E-state index contributed by atoms with van der Waals surface area (Å²) in [5.74, 6) is 0.0481. The number of piperazine rings is 1. The molecule has 0 atom stereocenters. The van der Waals surface area contributed by atoms with Crippen molar-refractivity contribution < 1.29 is 14.3 Å². The molecule has 0 radical (unpaired) electrons. The van der Waals surface area contributed by atoms with Crippen LogP contribution in [-0.2, 0) is 4.74 Å². The van der Waals surface area contributed by atoms with Crippen molar-refractivity contribution in [1.82, 2.24) is 9.88 Å². The minimum absolute atomic E-state index is 0.0186. The van der Waals surface area contributed by atoms with E-state index in [1.54, 1.807) is 13.1 Å². The quantitative estimate of drug-likeness (QED) is 0.530. The molecule has 8 heteroatoms. The number of halogens is 1. The Kier molecular flexibility index (Phi) is 6.39. The molecule has 1 aromatic heterocycles. The molecule has 5 rings (SSSR count). The number of pyridine rings is 1. The van der Waals surface area contributed by atoms with E-state index in [0.29, 0.717) is 42.5 Å². The number of morpholine rings is 1. The van der Waals surface area contributed by atoms with Crippen molar-refractivity contribution >= 4 is 45.6 Å². The van der Waals surface area contributed by atoms with Crippen LogP contribution in [0.3, 0.4) is 0 Å². The van der Waals surface area contributed by atoms with E-state index < -0.39 is 0 Å². The van der Waals surface area contributed by atoms with E-state index >= 15 is 0 Å². The summed E-state index contributed by atoms with van der Waals surface area (Å²) in [7, 11) is 0. The number of rotatable bonds is 4. The highest BCUT2D eigenvalue weighted by molar-refractivity contribution is 6.31. The van der Waals surface area contributed by atoms with E-state index in [-0.39, 0.29) is 11.7 Å². The first kappa shape index (κ1) is 22.6. The number of carbonyl (C=O) groups is 2. The number of aromatic nitrogens is 1. The summed E-state index contributed by atoms with van der Waals surface area (Å²) in [5.41, 5.74) is 4.14. The molecule has 2 saturated heterocycles. The molecular weight excluding hydrogens is 452 g/mol. The molecule has 3 heterocycles. The molecule has 176 valence electrons. The fraction of sp³-hybridized carbons (Fsp3) is 0.346. The lowest BCUT2D eigenvalue weighted by molar-refractivity contribution is 0.0303. The van der Waals surface area contributed by atoms with Crippen molar-refractivity contribution in [2.45, 2.75) is 6.92 Å². The number of amides is 1. The number of Topliss-reactive ketones (excluding diaryl/α,β-unsaturated/α-hetero) is 1. The van der Waals surface area contributed by atoms with E-state index in [4.69, 9.17) is 16.3 Å². The molecule has 7 nitrogen and oxygen atoms in total. The van der Waals surface area contributed by atoms with Crippen molar-refractivity contribution in [1.29, 1.82) is 0 Å². The summed E-state index contributed by atoms with van der Waals surface area (Å²) in [4.78, 5) is 36.1. The van der Waals surface area contributed by atoms with Crippen LogP contribution in [0, 0.1) is 0 Å². The van der Waals surface area contributed by atoms with Gasteiger partial charge in [0.1, 0.15) is 0 Å². The summed E-state index contributed by atoms with van der Waals surface area (Å²) in [6.45, 7) is 6.95. The van der Waals surface area contributed by atoms with Gasteiger partial charge in [0.2, 0.25) is 0 Å². The fourth-order valence-corrected chi connectivity index (χ4v) is 4.85. The predicted molar refractivity (Wildman–Crippen MR) is 134 cm³/mol.